The van der Waals surface area contributed by atoms with Gasteiger partial charge in [-0.25, -0.2) is 17.9 Å². The number of hydrogen-bond donors (Lipinski definition) is 0. The van der Waals surface area contributed by atoms with Crippen LogP contribution in [0.5, 0.6) is 0 Å². The average Bonchev–Trinajstić information content (AvgIpc) is 3.53. The Bertz CT molecular complexity index is 1350. The van der Waals surface area contributed by atoms with Crippen LogP contribution in [0.4, 0.5) is 0 Å². The molecule has 11 heteroatoms. The molecule has 0 spiro atoms. The molecule has 0 bridgehead atoms. The number of aromatic nitrogens is 3. The lowest BCUT2D eigenvalue weighted by atomic mass is 10.2. The van der Waals surface area contributed by atoms with Crippen LogP contribution in [0.3, 0.4) is 0 Å². The second-order valence-corrected chi connectivity index (χ2v) is 11.6. The van der Waals surface area contributed by atoms with Crippen molar-refractivity contribution in [2.75, 3.05) is 26.2 Å². The third-order valence-corrected chi connectivity index (χ3v) is 9.50. The van der Waals surface area contributed by atoms with Crippen LogP contribution >= 0.6 is 22.7 Å². The van der Waals surface area contributed by atoms with E-state index >= 15 is 0 Å². The minimum absolute atomic E-state index is 0.185. The average molecular weight is 474 g/mol. The van der Waals surface area contributed by atoms with Gasteiger partial charge in [-0.05, 0) is 36.6 Å². The number of fused-ring (bicyclic) bond motifs is 1. The zero-order valence-electron chi connectivity index (χ0n) is 16.6. The maximum atomic E-state index is 13.2. The molecule has 0 aliphatic carbocycles. The molecule has 0 atom stereocenters. The number of carbonyl (C=O) groups is 1. The highest BCUT2D eigenvalue weighted by Crippen LogP contribution is 2.27. The summed E-state index contributed by atoms with van der Waals surface area (Å²) in [7, 11) is -3.52. The minimum Gasteiger partial charge on any atom is -0.336 e. The second kappa shape index (κ2) is 7.83. The Kier molecular flexibility index (Phi) is 5.13. The highest BCUT2D eigenvalue weighted by atomic mass is 32.2. The van der Waals surface area contributed by atoms with Crippen LogP contribution in [0.15, 0.2) is 52.3 Å². The normalized spacial score (nSPS) is 15.6. The molecule has 8 nitrogen and oxygen atoms in total. The van der Waals surface area contributed by atoms with Gasteiger partial charge in [-0.1, -0.05) is 6.07 Å². The molecule has 160 valence electrons. The van der Waals surface area contributed by atoms with Crippen LogP contribution in [0.2, 0.25) is 0 Å². The van der Waals surface area contributed by atoms with Gasteiger partial charge < -0.3 is 4.90 Å². The SMILES string of the molecule is Cc1ccc(S(=O)(=O)N2CCN(C(=O)c3cnn4c(-c5cccs5)ccnc34)CC2)s1. The quantitative estimate of drug-likeness (QED) is 0.455. The Hall–Kier alpha value is -2.60. The maximum Gasteiger partial charge on any atom is 0.259 e. The highest BCUT2D eigenvalue weighted by molar-refractivity contribution is 7.91. The first kappa shape index (κ1) is 20.3. The third kappa shape index (κ3) is 3.57. The van der Waals surface area contributed by atoms with Crippen molar-refractivity contribution in [2.24, 2.45) is 0 Å². The summed E-state index contributed by atoms with van der Waals surface area (Å²) in [5.41, 5.74) is 1.80. The Morgan fingerprint density at radius 1 is 1.10 bits per heavy atom. The first-order chi connectivity index (χ1) is 14.9. The molecule has 0 radical (unpaired) electrons. The van der Waals surface area contributed by atoms with E-state index in [1.165, 1.54) is 15.6 Å². The van der Waals surface area contributed by atoms with Gasteiger partial charge in [-0.3, -0.25) is 4.79 Å². The van der Waals surface area contributed by atoms with E-state index in [1.807, 2.05) is 30.5 Å². The van der Waals surface area contributed by atoms with Crippen molar-refractivity contribution in [2.45, 2.75) is 11.1 Å². The van der Waals surface area contributed by atoms with Crippen molar-refractivity contribution in [3.63, 3.8) is 0 Å². The number of hydrogen-bond acceptors (Lipinski definition) is 7. The van der Waals surface area contributed by atoms with Crippen molar-refractivity contribution in [3.8, 4) is 10.6 Å². The third-order valence-electron chi connectivity index (χ3n) is 5.24. The number of piperazine rings is 1. The van der Waals surface area contributed by atoms with Crippen molar-refractivity contribution in [3.05, 3.63) is 58.5 Å². The minimum atomic E-state index is -3.52. The Balaban J connectivity index is 1.35. The smallest absolute Gasteiger partial charge is 0.259 e. The molecule has 0 unspecified atom stereocenters. The first-order valence-corrected chi connectivity index (χ1v) is 12.8. The predicted molar refractivity (Wildman–Crippen MR) is 120 cm³/mol. The van der Waals surface area contributed by atoms with Crippen molar-refractivity contribution < 1.29 is 13.2 Å². The van der Waals surface area contributed by atoms with Gasteiger partial charge in [0.15, 0.2) is 5.65 Å². The zero-order chi connectivity index (χ0) is 21.6. The van der Waals surface area contributed by atoms with Gasteiger partial charge in [0.25, 0.3) is 15.9 Å². The molecule has 1 saturated heterocycles. The van der Waals surface area contributed by atoms with Gasteiger partial charge in [0.2, 0.25) is 0 Å². The van der Waals surface area contributed by atoms with E-state index in [2.05, 4.69) is 10.1 Å². The number of amides is 1. The van der Waals surface area contributed by atoms with Crippen molar-refractivity contribution >= 4 is 44.3 Å². The lowest BCUT2D eigenvalue weighted by Gasteiger charge is -2.33. The molecule has 5 rings (SSSR count). The van der Waals surface area contributed by atoms with E-state index in [1.54, 1.807) is 45.3 Å². The molecule has 4 aromatic heterocycles. The van der Waals surface area contributed by atoms with Crippen molar-refractivity contribution in [1.82, 2.24) is 23.8 Å². The summed E-state index contributed by atoms with van der Waals surface area (Å²) in [6.45, 7) is 3.05. The van der Waals surface area contributed by atoms with Crippen LogP contribution in [0, 0.1) is 6.92 Å². The largest absolute Gasteiger partial charge is 0.336 e. The van der Waals surface area contributed by atoms with Gasteiger partial charge in [0.1, 0.15) is 9.77 Å². The molecular weight excluding hydrogens is 454 g/mol. The summed E-state index contributed by atoms with van der Waals surface area (Å²) in [4.78, 5) is 21.2. The lowest BCUT2D eigenvalue weighted by molar-refractivity contribution is 0.0699. The predicted octanol–water partition coefficient (Wildman–Crippen LogP) is 2.97. The highest BCUT2D eigenvalue weighted by Gasteiger charge is 2.32. The number of nitrogens with zero attached hydrogens (tertiary/aromatic N) is 5. The van der Waals surface area contributed by atoms with E-state index in [-0.39, 0.29) is 19.0 Å². The Morgan fingerprint density at radius 3 is 2.58 bits per heavy atom. The molecule has 1 aliphatic rings. The van der Waals surface area contributed by atoms with E-state index in [0.29, 0.717) is 28.5 Å². The van der Waals surface area contributed by atoms with Crippen LogP contribution < -0.4 is 0 Å². The van der Waals surface area contributed by atoms with Gasteiger partial charge in [0.05, 0.1) is 16.8 Å². The van der Waals surface area contributed by atoms with Crippen molar-refractivity contribution in [1.29, 1.82) is 0 Å². The van der Waals surface area contributed by atoms with Crippen LogP contribution in [-0.4, -0.2) is 64.3 Å². The summed E-state index contributed by atoms with van der Waals surface area (Å²) in [5, 5.41) is 6.38. The number of carbonyl (C=O) groups excluding carboxylic acids is 1. The zero-order valence-corrected chi connectivity index (χ0v) is 19.1. The molecule has 0 aromatic carbocycles. The van der Waals surface area contributed by atoms with E-state index in [0.717, 1.165) is 15.4 Å². The monoisotopic (exact) mass is 473 g/mol. The summed E-state index contributed by atoms with van der Waals surface area (Å²) in [6.07, 6.45) is 3.22. The summed E-state index contributed by atoms with van der Waals surface area (Å²) < 4.78 is 29.2. The molecule has 0 saturated carbocycles. The van der Waals surface area contributed by atoms with Crippen LogP contribution in [0.1, 0.15) is 15.2 Å². The lowest BCUT2D eigenvalue weighted by Crippen LogP contribution is -2.50. The number of sulfonamides is 1. The molecule has 1 fully saturated rings. The standard InChI is InChI=1S/C20H19N5O3S3/c1-14-4-5-18(30-14)31(27,28)24-10-8-23(9-11-24)20(26)15-13-22-25-16(6-7-21-19(15)25)17-3-2-12-29-17/h2-7,12-13H,8-11H2,1H3. The van der Waals surface area contributed by atoms with E-state index < -0.39 is 10.0 Å². The van der Waals surface area contributed by atoms with E-state index in [9.17, 15) is 13.2 Å². The summed E-state index contributed by atoms with van der Waals surface area (Å²) in [6, 6.07) is 9.28. The Morgan fingerprint density at radius 2 is 1.90 bits per heavy atom. The van der Waals surface area contributed by atoms with Gasteiger partial charge in [0, 0.05) is 37.3 Å². The fourth-order valence-electron chi connectivity index (χ4n) is 3.63. The molecule has 4 aromatic rings. The topological polar surface area (TPSA) is 87.9 Å². The fourth-order valence-corrected chi connectivity index (χ4v) is 7.23. The van der Waals surface area contributed by atoms with Crippen LogP contribution in [0.25, 0.3) is 16.2 Å². The number of thiophene rings is 2. The van der Waals surface area contributed by atoms with E-state index in [4.69, 9.17) is 0 Å². The molecule has 0 N–H and O–H groups in total. The maximum absolute atomic E-state index is 13.2. The van der Waals surface area contributed by atoms with Gasteiger partial charge in [-0.15, -0.1) is 22.7 Å². The fraction of sp³-hybridized carbons (Fsp3) is 0.250. The molecule has 5 heterocycles. The molecular formula is C20H19N5O3S3. The Labute approximate surface area is 187 Å². The van der Waals surface area contributed by atoms with Gasteiger partial charge in [-0.2, -0.15) is 9.40 Å². The number of aryl methyl sites for hydroxylation is 1. The molecule has 1 amide bonds. The second-order valence-electron chi connectivity index (χ2n) is 7.16. The molecule has 31 heavy (non-hydrogen) atoms. The molecule has 1 aliphatic heterocycles. The first-order valence-electron chi connectivity index (χ1n) is 9.67. The van der Waals surface area contributed by atoms with Crippen LogP contribution in [-0.2, 0) is 10.0 Å². The number of rotatable bonds is 4. The summed E-state index contributed by atoms with van der Waals surface area (Å²) >= 11 is 2.86. The summed E-state index contributed by atoms with van der Waals surface area (Å²) in [5.74, 6) is -0.185. The van der Waals surface area contributed by atoms with Gasteiger partial charge >= 0.3 is 0 Å².